The molecule has 0 bridgehead atoms. The van der Waals surface area contributed by atoms with Gasteiger partial charge in [-0.1, -0.05) is 6.92 Å². The minimum Gasteiger partial charge on any atom is -0.496 e. The fourth-order valence-corrected chi connectivity index (χ4v) is 2.39. The molecule has 0 unspecified atom stereocenters. The molecule has 0 atom stereocenters. The minimum atomic E-state index is 0.763. The molecule has 0 saturated heterocycles. The molecule has 0 amide bonds. The van der Waals surface area contributed by atoms with Gasteiger partial charge in [-0.15, -0.1) is 0 Å². The van der Waals surface area contributed by atoms with Crippen LogP contribution in [-0.2, 0) is 6.42 Å². The summed E-state index contributed by atoms with van der Waals surface area (Å²) in [5, 5.41) is 3.32. The number of aromatic nitrogens is 2. The van der Waals surface area contributed by atoms with E-state index in [9.17, 15) is 0 Å². The van der Waals surface area contributed by atoms with Crippen LogP contribution < -0.4 is 10.1 Å². The van der Waals surface area contributed by atoms with Crippen molar-refractivity contribution in [1.29, 1.82) is 0 Å². The van der Waals surface area contributed by atoms with Gasteiger partial charge in [0.2, 0.25) is 0 Å². The molecule has 4 nitrogen and oxygen atoms in total. The number of aryl methyl sites for hydroxylation is 2. The Hall–Kier alpha value is -2.10. The van der Waals surface area contributed by atoms with E-state index >= 15 is 0 Å². The zero-order valence-electron chi connectivity index (χ0n) is 13.4. The highest BCUT2D eigenvalue weighted by Gasteiger charge is 2.11. The standard InChI is InChI=1S/C17H23N3O/c1-6-14-12(4)16(18-7-2)20-17(19-14)13-8-9-15(21-5)11(3)10-13/h8-10H,6-7H2,1-5H3,(H,18,19,20). The maximum atomic E-state index is 5.31. The molecule has 112 valence electrons. The van der Waals surface area contributed by atoms with Gasteiger partial charge in [-0.2, -0.15) is 0 Å². The van der Waals surface area contributed by atoms with E-state index in [1.807, 2.05) is 19.1 Å². The van der Waals surface area contributed by atoms with E-state index < -0.39 is 0 Å². The van der Waals surface area contributed by atoms with E-state index in [4.69, 9.17) is 9.72 Å². The number of hydrogen-bond acceptors (Lipinski definition) is 4. The van der Waals surface area contributed by atoms with E-state index in [0.29, 0.717) is 0 Å². The number of benzene rings is 1. The molecule has 0 aliphatic heterocycles. The lowest BCUT2D eigenvalue weighted by atomic mass is 10.1. The van der Waals surface area contributed by atoms with Gasteiger partial charge in [-0.05, 0) is 51.0 Å². The summed E-state index contributed by atoms with van der Waals surface area (Å²) in [6.45, 7) is 9.14. The van der Waals surface area contributed by atoms with Crippen LogP contribution in [0, 0.1) is 13.8 Å². The number of nitrogens with zero attached hydrogens (tertiary/aromatic N) is 2. The van der Waals surface area contributed by atoms with Gasteiger partial charge in [-0.3, -0.25) is 0 Å². The maximum Gasteiger partial charge on any atom is 0.161 e. The molecule has 1 N–H and O–H groups in total. The van der Waals surface area contributed by atoms with Gasteiger partial charge in [0.25, 0.3) is 0 Å². The highest BCUT2D eigenvalue weighted by molar-refractivity contribution is 5.62. The fourth-order valence-electron chi connectivity index (χ4n) is 2.39. The van der Waals surface area contributed by atoms with Gasteiger partial charge in [-0.25, -0.2) is 9.97 Å². The van der Waals surface area contributed by atoms with Crippen LogP contribution in [0.4, 0.5) is 5.82 Å². The molecule has 2 rings (SSSR count). The Labute approximate surface area is 126 Å². The average Bonchev–Trinajstić information content (AvgIpc) is 2.49. The highest BCUT2D eigenvalue weighted by atomic mass is 16.5. The van der Waals surface area contributed by atoms with Crippen LogP contribution >= 0.6 is 0 Å². The Morgan fingerprint density at radius 1 is 1.14 bits per heavy atom. The molecule has 0 saturated carbocycles. The van der Waals surface area contributed by atoms with Crippen molar-refractivity contribution in [1.82, 2.24) is 9.97 Å². The van der Waals surface area contributed by atoms with Crippen molar-refractivity contribution in [3.8, 4) is 17.1 Å². The zero-order chi connectivity index (χ0) is 15.4. The second-order valence-corrected chi connectivity index (χ2v) is 5.04. The van der Waals surface area contributed by atoms with E-state index in [-0.39, 0.29) is 0 Å². The van der Waals surface area contributed by atoms with Gasteiger partial charge in [0.1, 0.15) is 11.6 Å². The summed E-state index contributed by atoms with van der Waals surface area (Å²) in [5.74, 6) is 2.57. The van der Waals surface area contributed by atoms with Crippen molar-refractivity contribution in [2.75, 3.05) is 19.0 Å². The second kappa shape index (κ2) is 6.57. The average molecular weight is 285 g/mol. The third-order valence-corrected chi connectivity index (χ3v) is 3.58. The smallest absolute Gasteiger partial charge is 0.161 e. The van der Waals surface area contributed by atoms with Crippen LogP contribution in [0.25, 0.3) is 11.4 Å². The number of rotatable bonds is 5. The number of ether oxygens (including phenoxy) is 1. The van der Waals surface area contributed by atoms with Crippen molar-refractivity contribution in [2.45, 2.75) is 34.1 Å². The molecule has 0 aliphatic rings. The van der Waals surface area contributed by atoms with Crippen molar-refractivity contribution in [2.24, 2.45) is 0 Å². The SMILES string of the molecule is CCNc1nc(-c2ccc(OC)c(C)c2)nc(CC)c1C. The first-order valence-electron chi connectivity index (χ1n) is 7.37. The number of hydrogen-bond donors (Lipinski definition) is 1. The number of nitrogens with one attached hydrogen (secondary N) is 1. The summed E-state index contributed by atoms with van der Waals surface area (Å²) >= 11 is 0. The van der Waals surface area contributed by atoms with Crippen LogP contribution in [-0.4, -0.2) is 23.6 Å². The quantitative estimate of drug-likeness (QED) is 0.908. The largest absolute Gasteiger partial charge is 0.496 e. The van der Waals surface area contributed by atoms with Gasteiger partial charge in [0, 0.05) is 23.4 Å². The first-order valence-corrected chi connectivity index (χ1v) is 7.37. The predicted molar refractivity (Wildman–Crippen MR) is 87.0 cm³/mol. The van der Waals surface area contributed by atoms with Gasteiger partial charge in [0.15, 0.2) is 5.82 Å². The second-order valence-electron chi connectivity index (χ2n) is 5.04. The number of anilines is 1. The van der Waals surface area contributed by atoms with E-state index in [1.54, 1.807) is 7.11 Å². The van der Waals surface area contributed by atoms with Crippen molar-refractivity contribution in [3.63, 3.8) is 0 Å². The van der Waals surface area contributed by atoms with Crippen LogP contribution in [0.1, 0.15) is 30.7 Å². The summed E-state index contributed by atoms with van der Waals surface area (Å²) < 4.78 is 5.31. The Morgan fingerprint density at radius 2 is 1.90 bits per heavy atom. The Bertz CT molecular complexity index is 638. The predicted octanol–water partition coefficient (Wildman–Crippen LogP) is 3.76. The molecule has 2 aromatic rings. The third kappa shape index (κ3) is 3.15. The fraction of sp³-hybridized carbons (Fsp3) is 0.412. The number of methoxy groups -OCH3 is 1. The van der Waals surface area contributed by atoms with Crippen LogP contribution in [0.15, 0.2) is 18.2 Å². The molecular weight excluding hydrogens is 262 g/mol. The first-order chi connectivity index (χ1) is 10.1. The summed E-state index contributed by atoms with van der Waals surface area (Å²) in [5.41, 5.74) is 4.32. The van der Waals surface area contributed by atoms with Crippen molar-refractivity contribution >= 4 is 5.82 Å². The summed E-state index contributed by atoms with van der Waals surface area (Å²) in [6, 6.07) is 6.04. The zero-order valence-corrected chi connectivity index (χ0v) is 13.4. The molecule has 0 spiro atoms. The lowest BCUT2D eigenvalue weighted by molar-refractivity contribution is 0.412. The Balaban J connectivity index is 2.52. The summed E-state index contributed by atoms with van der Waals surface area (Å²) in [7, 11) is 1.68. The molecule has 0 fully saturated rings. The van der Waals surface area contributed by atoms with Crippen molar-refractivity contribution < 1.29 is 4.74 Å². The van der Waals surface area contributed by atoms with E-state index in [0.717, 1.165) is 52.7 Å². The van der Waals surface area contributed by atoms with E-state index in [1.165, 1.54) is 0 Å². The monoisotopic (exact) mass is 285 g/mol. The molecule has 1 aromatic carbocycles. The molecule has 1 aromatic heterocycles. The van der Waals surface area contributed by atoms with Gasteiger partial charge in [0.05, 0.1) is 7.11 Å². The highest BCUT2D eigenvalue weighted by Crippen LogP contribution is 2.26. The Morgan fingerprint density at radius 3 is 2.48 bits per heavy atom. The molecular formula is C17H23N3O. The normalized spacial score (nSPS) is 10.5. The topological polar surface area (TPSA) is 47.0 Å². The molecule has 4 heteroatoms. The van der Waals surface area contributed by atoms with Crippen LogP contribution in [0.3, 0.4) is 0 Å². The molecule has 0 aliphatic carbocycles. The van der Waals surface area contributed by atoms with Gasteiger partial charge >= 0.3 is 0 Å². The lowest BCUT2D eigenvalue weighted by Gasteiger charge is -2.13. The lowest BCUT2D eigenvalue weighted by Crippen LogP contribution is -2.07. The first kappa shape index (κ1) is 15.3. The maximum absolute atomic E-state index is 5.31. The minimum absolute atomic E-state index is 0.763. The third-order valence-electron chi connectivity index (χ3n) is 3.58. The van der Waals surface area contributed by atoms with Crippen molar-refractivity contribution in [3.05, 3.63) is 35.0 Å². The summed E-state index contributed by atoms with van der Waals surface area (Å²) in [4.78, 5) is 9.38. The molecule has 1 heterocycles. The van der Waals surface area contributed by atoms with Crippen LogP contribution in [0.2, 0.25) is 0 Å². The molecule has 21 heavy (non-hydrogen) atoms. The summed E-state index contributed by atoms with van der Waals surface area (Å²) in [6.07, 6.45) is 0.898. The molecule has 0 radical (unpaired) electrons. The Kier molecular flexibility index (Phi) is 4.78. The van der Waals surface area contributed by atoms with E-state index in [2.05, 4.69) is 37.1 Å². The van der Waals surface area contributed by atoms with Crippen LogP contribution in [0.5, 0.6) is 5.75 Å². The van der Waals surface area contributed by atoms with Gasteiger partial charge < -0.3 is 10.1 Å².